The van der Waals surface area contributed by atoms with E-state index in [0.29, 0.717) is 17.1 Å². The number of nitrogens with one attached hydrogen (secondary N) is 1. The van der Waals surface area contributed by atoms with Crippen LogP contribution in [0.25, 0.3) is 5.69 Å². The first-order valence-electron chi connectivity index (χ1n) is 8.26. The lowest BCUT2D eigenvalue weighted by atomic mass is 10.3. The summed E-state index contributed by atoms with van der Waals surface area (Å²) in [5, 5.41) is 10.8. The molecule has 2 aromatic carbocycles. The highest BCUT2D eigenvalue weighted by molar-refractivity contribution is 7.92. The largest absolute Gasteiger partial charge is 0.280 e. The first-order valence-corrected chi connectivity index (χ1v) is 9.74. The van der Waals surface area contributed by atoms with E-state index in [-0.39, 0.29) is 29.6 Å². The molecule has 11 heteroatoms. The molecule has 0 atom stereocenters. The third-order valence-corrected chi connectivity index (χ3v) is 5.57. The highest BCUT2D eigenvalue weighted by Gasteiger charge is 2.30. The van der Waals surface area contributed by atoms with Gasteiger partial charge in [0.05, 0.1) is 22.0 Å². The summed E-state index contributed by atoms with van der Waals surface area (Å²) >= 11 is 0. The zero-order valence-electron chi connectivity index (χ0n) is 14.4. The van der Waals surface area contributed by atoms with E-state index in [1.165, 1.54) is 35.3 Å². The second-order valence-electron chi connectivity index (χ2n) is 6.03. The Balaban J connectivity index is 1.56. The van der Waals surface area contributed by atoms with Crippen LogP contribution in [-0.2, 0) is 19.6 Å². The number of benzene rings is 2. The van der Waals surface area contributed by atoms with Gasteiger partial charge in [-0.15, -0.1) is 5.10 Å². The SMILES string of the molecule is O=C1CCC(=O)N1c1ccc(S(=O)(=O)Nc2cccc(-n3cnnn3)c2)cc1. The molecule has 0 unspecified atom stereocenters. The van der Waals surface area contributed by atoms with Gasteiger partial charge in [-0.2, -0.15) is 0 Å². The summed E-state index contributed by atoms with van der Waals surface area (Å²) in [7, 11) is -3.87. The van der Waals surface area contributed by atoms with E-state index in [1.54, 1.807) is 24.3 Å². The summed E-state index contributed by atoms with van der Waals surface area (Å²) in [5.74, 6) is -0.587. The zero-order chi connectivity index (χ0) is 19.7. The van der Waals surface area contributed by atoms with Crippen LogP contribution in [0.15, 0.2) is 59.8 Å². The third kappa shape index (κ3) is 3.34. The van der Waals surface area contributed by atoms with E-state index in [0.717, 1.165) is 4.90 Å². The highest BCUT2D eigenvalue weighted by atomic mass is 32.2. The summed E-state index contributed by atoms with van der Waals surface area (Å²) in [5.41, 5.74) is 1.28. The van der Waals surface area contributed by atoms with E-state index in [4.69, 9.17) is 0 Å². The molecule has 4 rings (SSSR count). The quantitative estimate of drug-likeness (QED) is 0.638. The van der Waals surface area contributed by atoms with E-state index in [9.17, 15) is 18.0 Å². The van der Waals surface area contributed by atoms with Crippen molar-refractivity contribution < 1.29 is 18.0 Å². The third-order valence-electron chi connectivity index (χ3n) is 4.17. The number of anilines is 2. The van der Waals surface area contributed by atoms with Crippen molar-refractivity contribution in [2.45, 2.75) is 17.7 Å². The van der Waals surface area contributed by atoms with E-state index < -0.39 is 10.0 Å². The maximum absolute atomic E-state index is 12.7. The van der Waals surface area contributed by atoms with Gasteiger partial charge in [0, 0.05) is 12.8 Å². The number of carbonyl (C=O) groups is 2. The van der Waals surface area contributed by atoms with Gasteiger partial charge >= 0.3 is 0 Å². The Hall–Kier alpha value is -3.60. The van der Waals surface area contributed by atoms with Gasteiger partial charge < -0.3 is 0 Å². The Kier molecular flexibility index (Phi) is 4.35. The molecule has 2 amide bonds. The zero-order valence-corrected chi connectivity index (χ0v) is 15.2. The molecule has 1 N–H and O–H groups in total. The lowest BCUT2D eigenvalue weighted by molar-refractivity contribution is -0.121. The van der Waals surface area contributed by atoms with Crippen molar-refractivity contribution in [1.82, 2.24) is 20.2 Å². The lowest BCUT2D eigenvalue weighted by Gasteiger charge is -2.14. The van der Waals surface area contributed by atoms with Crippen LogP contribution in [0.5, 0.6) is 0 Å². The Labute approximate surface area is 159 Å². The molecule has 3 aromatic rings. The average molecular weight is 398 g/mol. The van der Waals surface area contributed by atoms with E-state index >= 15 is 0 Å². The molecule has 0 saturated carbocycles. The van der Waals surface area contributed by atoms with Crippen LogP contribution in [0, 0.1) is 0 Å². The number of rotatable bonds is 5. The van der Waals surface area contributed by atoms with Gasteiger partial charge in [0.15, 0.2) is 0 Å². The van der Waals surface area contributed by atoms with Gasteiger partial charge in [0.2, 0.25) is 11.8 Å². The Morgan fingerprint density at radius 3 is 2.29 bits per heavy atom. The molecule has 0 aliphatic carbocycles. The second-order valence-corrected chi connectivity index (χ2v) is 7.71. The average Bonchev–Trinajstić information content (AvgIpc) is 3.32. The summed E-state index contributed by atoms with van der Waals surface area (Å²) in [6.07, 6.45) is 1.73. The number of imide groups is 1. The van der Waals surface area contributed by atoms with Gasteiger partial charge in [0.25, 0.3) is 10.0 Å². The number of carbonyl (C=O) groups excluding carboxylic acids is 2. The Morgan fingerprint density at radius 1 is 0.929 bits per heavy atom. The molecule has 2 heterocycles. The maximum Gasteiger partial charge on any atom is 0.261 e. The summed E-state index contributed by atoms with van der Waals surface area (Å²) < 4.78 is 29.2. The number of sulfonamides is 1. The van der Waals surface area contributed by atoms with Gasteiger partial charge in [-0.1, -0.05) is 6.07 Å². The maximum atomic E-state index is 12.7. The van der Waals surface area contributed by atoms with Crippen LogP contribution in [-0.4, -0.2) is 40.4 Å². The molecule has 1 saturated heterocycles. The van der Waals surface area contributed by atoms with Gasteiger partial charge in [0.1, 0.15) is 6.33 Å². The fraction of sp³-hybridized carbons (Fsp3) is 0.118. The minimum Gasteiger partial charge on any atom is -0.280 e. The predicted molar refractivity (Wildman–Crippen MR) is 98.1 cm³/mol. The minimum absolute atomic E-state index is 0.00294. The molecule has 1 aliphatic heterocycles. The Bertz CT molecular complexity index is 1130. The number of nitrogens with zero attached hydrogens (tertiary/aromatic N) is 5. The molecule has 10 nitrogen and oxygen atoms in total. The summed E-state index contributed by atoms with van der Waals surface area (Å²) in [6.45, 7) is 0. The first kappa shape index (κ1) is 17.8. The molecule has 1 fully saturated rings. The van der Waals surface area contributed by atoms with Crippen LogP contribution in [0.3, 0.4) is 0 Å². The molecular weight excluding hydrogens is 384 g/mol. The number of tetrazole rings is 1. The standard InChI is InChI=1S/C17H14N6O4S/c24-16-8-9-17(25)23(16)13-4-6-15(7-5-13)28(26,27)19-12-2-1-3-14(10-12)22-11-18-20-21-22/h1-7,10-11,19H,8-9H2. The normalized spacial score (nSPS) is 14.5. The fourth-order valence-electron chi connectivity index (χ4n) is 2.84. The highest BCUT2D eigenvalue weighted by Crippen LogP contribution is 2.25. The van der Waals surface area contributed by atoms with Crippen molar-refractivity contribution in [3.63, 3.8) is 0 Å². The summed E-state index contributed by atoms with van der Waals surface area (Å²) in [4.78, 5) is 24.7. The minimum atomic E-state index is -3.87. The van der Waals surface area contributed by atoms with Crippen molar-refractivity contribution in [3.8, 4) is 5.69 Å². The Morgan fingerprint density at radius 2 is 1.64 bits per heavy atom. The fourth-order valence-corrected chi connectivity index (χ4v) is 3.89. The van der Waals surface area contributed by atoms with Crippen molar-refractivity contribution in [1.29, 1.82) is 0 Å². The topological polar surface area (TPSA) is 127 Å². The van der Waals surface area contributed by atoms with Crippen molar-refractivity contribution in [2.24, 2.45) is 0 Å². The monoisotopic (exact) mass is 398 g/mol. The molecule has 1 aromatic heterocycles. The number of aromatic nitrogens is 4. The van der Waals surface area contributed by atoms with Crippen molar-refractivity contribution in [3.05, 3.63) is 54.9 Å². The van der Waals surface area contributed by atoms with Crippen LogP contribution in [0.1, 0.15) is 12.8 Å². The van der Waals surface area contributed by atoms with Gasteiger partial charge in [-0.25, -0.2) is 13.1 Å². The van der Waals surface area contributed by atoms with Crippen LogP contribution < -0.4 is 9.62 Å². The molecular formula is C17H14N6O4S. The molecule has 142 valence electrons. The van der Waals surface area contributed by atoms with Crippen LogP contribution in [0.4, 0.5) is 11.4 Å². The number of hydrogen-bond donors (Lipinski definition) is 1. The number of hydrogen-bond acceptors (Lipinski definition) is 7. The molecule has 0 spiro atoms. The smallest absolute Gasteiger partial charge is 0.261 e. The van der Waals surface area contributed by atoms with E-state index in [1.807, 2.05) is 0 Å². The van der Waals surface area contributed by atoms with Gasteiger partial charge in [-0.3, -0.25) is 19.2 Å². The van der Waals surface area contributed by atoms with Crippen LogP contribution in [0.2, 0.25) is 0 Å². The second kappa shape index (κ2) is 6.85. The van der Waals surface area contributed by atoms with Gasteiger partial charge in [-0.05, 0) is 52.9 Å². The molecule has 1 aliphatic rings. The summed E-state index contributed by atoms with van der Waals surface area (Å²) in [6, 6.07) is 12.2. The van der Waals surface area contributed by atoms with Crippen LogP contribution >= 0.6 is 0 Å². The van der Waals surface area contributed by atoms with E-state index in [2.05, 4.69) is 20.2 Å². The lowest BCUT2D eigenvalue weighted by Crippen LogP contribution is -2.28. The molecule has 28 heavy (non-hydrogen) atoms. The predicted octanol–water partition coefficient (Wildman–Crippen LogP) is 1.12. The molecule has 0 radical (unpaired) electrons. The van der Waals surface area contributed by atoms with Crippen molar-refractivity contribution in [2.75, 3.05) is 9.62 Å². The van der Waals surface area contributed by atoms with Crippen molar-refractivity contribution >= 4 is 33.2 Å². The number of amides is 2. The molecule has 0 bridgehead atoms. The first-order chi connectivity index (χ1) is 13.4.